The number of amides is 1. The molecule has 2 aromatic carbocycles. The molecule has 1 aromatic heterocycles. The fraction of sp³-hybridized carbons (Fsp3) is 0.333. The maximum Gasteiger partial charge on any atom is 0.268 e. The van der Waals surface area contributed by atoms with Gasteiger partial charge in [-0.25, -0.2) is 8.42 Å². The van der Waals surface area contributed by atoms with E-state index in [1.807, 2.05) is 55.5 Å². The Bertz CT molecular complexity index is 1330. The van der Waals surface area contributed by atoms with Gasteiger partial charge in [0.1, 0.15) is 11.4 Å². The van der Waals surface area contributed by atoms with Crippen LogP contribution in [0.3, 0.4) is 0 Å². The molecule has 0 saturated carbocycles. The Morgan fingerprint density at radius 2 is 1.69 bits per heavy atom. The van der Waals surface area contributed by atoms with E-state index in [9.17, 15) is 13.2 Å². The van der Waals surface area contributed by atoms with Crippen LogP contribution in [-0.2, 0) is 34.2 Å². The third kappa shape index (κ3) is 3.12. The first kappa shape index (κ1) is 20.8. The van der Waals surface area contributed by atoms with E-state index in [0.29, 0.717) is 24.4 Å². The molecule has 32 heavy (non-hydrogen) atoms. The first-order valence-corrected chi connectivity index (χ1v) is 12.3. The molecule has 0 N–H and O–H groups in total. The maximum atomic E-state index is 13.6. The van der Waals surface area contributed by atoms with Crippen LogP contribution in [0.2, 0.25) is 0 Å². The summed E-state index contributed by atoms with van der Waals surface area (Å²) in [6, 6.07) is 15.5. The molecule has 0 bridgehead atoms. The van der Waals surface area contributed by atoms with Crippen LogP contribution >= 0.6 is 0 Å². The Morgan fingerprint density at radius 1 is 1.03 bits per heavy atom. The van der Waals surface area contributed by atoms with Crippen LogP contribution in [0.25, 0.3) is 0 Å². The summed E-state index contributed by atoms with van der Waals surface area (Å²) in [4.78, 5) is 15.2. The third-order valence-corrected chi connectivity index (χ3v) is 8.53. The van der Waals surface area contributed by atoms with Crippen LogP contribution in [0, 0.1) is 13.8 Å². The molecule has 3 heterocycles. The van der Waals surface area contributed by atoms with E-state index in [-0.39, 0.29) is 23.4 Å². The van der Waals surface area contributed by atoms with Gasteiger partial charge >= 0.3 is 0 Å². The summed E-state index contributed by atoms with van der Waals surface area (Å²) in [6.07, 6.45) is 1.50. The quantitative estimate of drug-likeness (QED) is 0.612. The second kappa shape index (κ2) is 7.48. The van der Waals surface area contributed by atoms with Crippen molar-refractivity contribution >= 4 is 27.3 Å². The van der Waals surface area contributed by atoms with Gasteiger partial charge in [-0.1, -0.05) is 36.4 Å². The van der Waals surface area contributed by atoms with Crippen LogP contribution in [0.4, 0.5) is 11.4 Å². The van der Waals surface area contributed by atoms with E-state index < -0.39 is 10.0 Å². The summed E-state index contributed by atoms with van der Waals surface area (Å²) >= 11 is 0. The SMILES string of the molecule is Cc1nn(CC(=O)N2c3ccccc3C[C@H]2C)c(C)c1S(=O)(=O)N1CCc2ccccc21. The number of carbonyl (C=O) groups excluding carboxylic acids is 1. The van der Waals surface area contributed by atoms with Gasteiger partial charge in [-0.2, -0.15) is 5.10 Å². The summed E-state index contributed by atoms with van der Waals surface area (Å²) < 4.78 is 30.2. The molecular weight excluding hydrogens is 424 g/mol. The number of anilines is 2. The number of para-hydroxylation sites is 2. The van der Waals surface area contributed by atoms with Gasteiger partial charge in [0.25, 0.3) is 10.0 Å². The van der Waals surface area contributed by atoms with Crippen molar-refractivity contribution in [3.05, 3.63) is 71.0 Å². The molecule has 0 unspecified atom stereocenters. The summed E-state index contributed by atoms with van der Waals surface area (Å²) in [7, 11) is -3.78. The van der Waals surface area contributed by atoms with Crippen molar-refractivity contribution in [2.24, 2.45) is 0 Å². The predicted molar refractivity (Wildman–Crippen MR) is 123 cm³/mol. The molecule has 0 spiro atoms. The zero-order valence-electron chi connectivity index (χ0n) is 18.4. The zero-order chi connectivity index (χ0) is 22.6. The molecule has 7 nitrogen and oxygen atoms in total. The highest BCUT2D eigenvalue weighted by molar-refractivity contribution is 7.93. The number of hydrogen-bond donors (Lipinski definition) is 0. The number of hydrogen-bond acceptors (Lipinski definition) is 4. The molecule has 0 fully saturated rings. The van der Waals surface area contributed by atoms with Crippen molar-refractivity contribution in [1.82, 2.24) is 9.78 Å². The summed E-state index contributed by atoms with van der Waals surface area (Å²) in [5.74, 6) is -0.0940. The van der Waals surface area contributed by atoms with Crippen molar-refractivity contribution in [1.29, 1.82) is 0 Å². The van der Waals surface area contributed by atoms with Gasteiger partial charge in [0, 0.05) is 18.3 Å². The van der Waals surface area contributed by atoms with E-state index >= 15 is 0 Å². The third-order valence-electron chi connectivity index (χ3n) is 6.47. The number of benzene rings is 2. The van der Waals surface area contributed by atoms with E-state index in [2.05, 4.69) is 5.10 Å². The lowest BCUT2D eigenvalue weighted by Gasteiger charge is -2.23. The van der Waals surface area contributed by atoms with Crippen molar-refractivity contribution in [2.75, 3.05) is 15.7 Å². The van der Waals surface area contributed by atoms with Gasteiger partial charge in [-0.3, -0.25) is 13.8 Å². The molecule has 8 heteroatoms. The second-order valence-electron chi connectivity index (χ2n) is 8.56. The van der Waals surface area contributed by atoms with Gasteiger partial charge in [0.05, 0.1) is 17.1 Å². The van der Waals surface area contributed by atoms with Crippen LogP contribution in [0.5, 0.6) is 0 Å². The fourth-order valence-corrected chi connectivity index (χ4v) is 6.91. The Balaban J connectivity index is 1.46. The number of carbonyl (C=O) groups is 1. The molecule has 2 aliphatic rings. The second-order valence-corrected chi connectivity index (χ2v) is 10.4. The van der Waals surface area contributed by atoms with Crippen LogP contribution < -0.4 is 9.21 Å². The Kier molecular flexibility index (Phi) is 4.85. The van der Waals surface area contributed by atoms with Crippen molar-refractivity contribution < 1.29 is 13.2 Å². The van der Waals surface area contributed by atoms with Crippen LogP contribution in [-0.4, -0.2) is 36.7 Å². The highest BCUT2D eigenvalue weighted by atomic mass is 32.2. The number of rotatable bonds is 4. The van der Waals surface area contributed by atoms with Crippen LogP contribution in [0.1, 0.15) is 29.4 Å². The standard InChI is InChI=1S/C24H26N4O3S/c1-16-14-20-9-5-7-11-22(20)28(16)23(29)15-26-18(3)24(17(2)25-26)32(30,31)27-13-12-19-8-4-6-10-21(19)27/h4-11,16H,12-15H2,1-3H3/t16-/m1/s1. The number of sulfonamides is 1. The minimum atomic E-state index is -3.78. The zero-order valence-corrected chi connectivity index (χ0v) is 19.3. The fourth-order valence-electron chi connectivity index (χ4n) is 5.03. The van der Waals surface area contributed by atoms with Crippen molar-refractivity contribution in [3.8, 4) is 0 Å². The van der Waals surface area contributed by atoms with E-state index in [4.69, 9.17) is 0 Å². The Labute approximate surface area is 188 Å². The molecule has 0 radical (unpaired) electrons. The minimum absolute atomic E-state index is 0.00253. The van der Waals surface area contributed by atoms with Gasteiger partial charge in [-0.05, 0) is 56.9 Å². The predicted octanol–water partition coefficient (Wildman–Crippen LogP) is 3.23. The van der Waals surface area contributed by atoms with Crippen molar-refractivity contribution in [3.63, 3.8) is 0 Å². The Hall–Kier alpha value is -3.13. The highest BCUT2D eigenvalue weighted by Crippen LogP contribution is 2.35. The summed E-state index contributed by atoms with van der Waals surface area (Å²) in [5, 5.41) is 4.46. The lowest BCUT2D eigenvalue weighted by molar-refractivity contribution is -0.119. The summed E-state index contributed by atoms with van der Waals surface area (Å²) in [6.45, 7) is 5.85. The first-order chi connectivity index (χ1) is 15.3. The average Bonchev–Trinajstić information content (AvgIpc) is 3.41. The smallest absolute Gasteiger partial charge is 0.268 e. The van der Waals surface area contributed by atoms with E-state index in [1.54, 1.807) is 18.7 Å². The number of nitrogens with zero attached hydrogens (tertiary/aromatic N) is 4. The van der Waals surface area contributed by atoms with Gasteiger partial charge in [0.2, 0.25) is 5.91 Å². The molecule has 5 rings (SSSR count). The molecular formula is C24H26N4O3S. The number of aromatic nitrogens is 2. The van der Waals surface area contributed by atoms with Crippen molar-refractivity contribution in [2.45, 2.75) is 51.1 Å². The topological polar surface area (TPSA) is 75.5 Å². The largest absolute Gasteiger partial charge is 0.307 e. The van der Waals surface area contributed by atoms with E-state index in [1.165, 1.54) is 8.99 Å². The summed E-state index contributed by atoms with van der Waals surface area (Å²) in [5.41, 5.74) is 4.72. The molecule has 1 amide bonds. The lowest BCUT2D eigenvalue weighted by Crippen LogP contribution is -2.38. The van der Waals surface area contributed by atoms with E-state index in [0.717, 1.165) is 28.9 Å². The maximum absolute atomic E-state index is 13.6. The lowest BCUT2D eigenvalue weighted by atomic mass is 10.1. The number of fused-ring (bicyclic) bond motifs is 2. The first-order valence-electron chi connectivity index (χ1n) is 10.8. The molecule has 1 atom stereocenters. The van der Waals surface area contributed by atoms with Gasteiger partial charge < -0.3 is 4.90 Å². The average molecular weight is 451 g/mol. The van der Waals surface area contributed by atoms with Gasteiger partial charge in [-0.15, -0.1) is 0 Å². The number of aryl methyl sites for hydroxylation is 1. The monoisotopic (exact) mass is 450 g/mol. The molecule has 3 aromatic rings. The molecule has 166 valence electrons. The molecule has 0 saturated heterocycles. The highest BCUT2D eigenvalue weighted by Gasteiger charge is 2.36. The Morgan fingerprint density at radius 3 is 2.44 bits per heavy atom. The van der Waals surface area contributed by atoms with Crippen LogP contribution in [0.15, 0.2) is 53.4 Å². The normalized spacial score (nSPS) is 17.5. The molecule has 2 aliphatic heterocycles. The molecule has 0 aliphatic carbocycles. The minimum Gasteiger partial charge on any atom is -0.307 e. The van der Waals surface area contributed by atoms with Gasteiger partial charge in [0.15, 0.2) is 0 Å².